The number of imidazole rings is 1. The van der Waals surface area contributed by atoms with Crippen LogP contribution in [0.1, 0.15) is 24.4 Å². The standard InChI is InChI=1S/C20H20FN3O2/c1-14(26-17-9-4-3-5-10-17)20(25)23-18(19-22-11-12-24(19)2)15-7-6-8-16(21)13-15/h3-14,18H,1-2H3,(H,23,25)/t14-,18+/m1/s1. The Kier molecular flexibility index (Phi) is 5.31. The van der Waals surface area contributed by atoms with Gasteiger partial charge in [-0.2, -0.15) is 0 Å². The Labute approximate surface area is 151 Å². The van der Waals surface area contributed by atoms with Crippen LogP contribution < -0.4 is 10.1 Å². The number of aromatic nitrogens is 2. The molecule has 1 amide bonds. The van der Waals surface area contributed by atoms with Gasteiger partial charge in [0.25, 0.3) is 5.91 Å². The summed E-state index contributed by atoms with van der Waals surface area (Å²) in [5.74, 6) is 0.529. The zero-order valence-electron chi connectivity index (χ0n) is 14.6. The van der Waals surface area contributed by atoms with Gasteiger partial charge in [-0.25, -0.2) is 9.37 Å². The number of hydrogen-bond donors (Lipinski definition) is 1. The smallest absolute Gasteiger partial charge is 0.261 e. The van der Waals surface area contributed by atoms with E-state index in [2.05, 4.69) is 10.3 Å². The molecule has 0 bridgehead atoms. The van der Waals surface area contributed by atoms with Crippen LogP contribution >= 0.6 is 0 Å². The molecule has 1 N–H and O–H groups in total. The van der Waals surface area contributed by atoms with Crippen LogP contribution in [0, 0.1) is 5.82 Å². The molecule has 0 fully saturated rings. The highest BCUT2D eigenvalue weighted by Gasteiger charge is 2.24. The molecule has 5 nitrogen and oxygen atoms in total. The van der Waals surface area contributed by atoms with Gasteiger partial charge in [0.05, 0.1) is 0 Å². The normalized spacial score (nSPS) is 13.0. The van der Waals surface area contributed by atoms with E-state index in [-0.39, 0.29) is 11.7 Å². The van der Waals surface area contributed by atoms with Gasteiger partial charge >= 0.3 is 0 Å². The van der Waals surface area contributed by atoms with E-state index in [0.29, 0.717) is 17.1 Å². The molecule has 0 aliphatic carbocycles. The van der Waals surface area contributed by atoms with Crippen LogP contribution in [0.15, 0.2) is 67.0 Å². The monoisotopic (exact) mass is 353 g/mol. The fraction of sp³-hybridized carbons (Fsp3) is 0.200. The largest absolute Gasteiger partial charge is 0.481 e. The molecular formula is C20H20FN3O2. The predicted octanol–water partition coefficient (Wildman–Crippen LogP) is 3.23. The van der Waals surface area contributed by atoms with Crippen molar-refractivity contribution >= 4 is 5.91 Å². The molecule has 6 heteroatoms. The SMILES string of the molecule is C[C@@H](Oc1ccccc1)C(=O)N[C@@H](c1cccc(F)c1)c1nccn1C. The number of ether oxygens (including phenoxy) is 1. The maximum atomic E-state index is 13.7. The lowest BCUT2D eigenvalue weighted by Crippen LogP contribution is -2.39. The van der Waals surface area contributed by atoms with E-state index in [1.807, 2.05) is 25.2 Å². The molecular weight excluding hydrogens is 333 g/mol. The molecule has 2 aromatic carbocycles. The molecule has 0 unspecified atom stereocenters. The number of benzene rings is 2. The summed E-state index contributed by atoms with van der Waals surface area (Å²) in [6.45, 7) is 1.67. The third-order valence-electron chi connectivity index (χ3n) is 4.01. The molecule has 0 aliphatic heterocycles. The summed E-state index contributed by atoms with van der Waals surface area (Å²) in [6, 6.07) is 14.6. The highest BCUT2D eigenvalue weighted by Crippen LogP contribution is 2.22. The summed E-state index contributed by atoms with van der Waals surface area (Å²) < 4.78 is 21.1. The van der Waals surface area contributed by atoms with E-state index >= 15 is 0 Å². The van der Waals surface area contributed by atoms with E-state index in [0.717, 1.165) is 0 Å². The summed E-state index contributed by atoms with van der Waals surface area (Å²) in [7, 11) is 1.82. The van der Waals surface area contributed by atoms with E-state index < -0.39 is 12.1 Å². The molecule has 2 atom stereocenters. The van der Waals surface area contributed by atoms with Crippen LogP contribution in [0.2, 0.25) is 0 Å². The Morgan fingerprint density at radius 2 is 1.96 bits per heavy atom. The zero-order valence-corrected chi connectivity index (χ0v) is 14.6. The maximum absolute atomic E-state index is 13.7. The first kappa shape index (κ1) is 17.7. The summed E-state index contributed by atoms with van der Waals surface area (Å²) in [5.41, 5.74) is 0.611. The van der Waals surface area contributed by atoms with Crippen LogP contribution in [-0.4, -0.2) is 21.6 Å². The first-order valence-corrected chi connectivity index (χ1v) is 8.29. The van der Waals surface area contributed by atoms with Crippen molar-refractivity contribution in [2.75, 3.05) is 0 Å². The van der Waals surface area contributed by atoms with Crippen LogP contribution in [0.4, 0.5) is 4.39 Å². The molecule has 1 heterocycles. The molecule has 3 aromatic rings. The van der Waals surface area contributed by atoms with Gasteiger partial charge in [-0.05, 0) is 36.8 Å². The highest BCUT2D eigenvalue weighted by atomic mass is 19.1. The van der Waals surface area contributed by atoms with Gasteiger partial charge in [-0.15, -0.1) is 0 Å². The number of hydrogen-bond acceptors (Lipinski definition) is 3. The number of amides is 1. The Morgan fingerprint density at radius 1 is 1.19 bits per heavy atom. The molecule has 3 rings (SSSR count). The van der Waals surface area contributed by atoms with Gasteiger partial charge in [-0.3, -0.25) is 4.79 Å². The van der Waals surface area contributed by atoms with Crippen molar-refractivity contribution in [3.05, 3.63) is 84.2 Å². The van der Waals surface area contributed by atoms with Gasteiger partial charge in [-0.1, -0.05) is 30.3 Å². The molecule has 0 aliphatic rings. The second-order valence-electron chi connectivity index (χ2n) is 5.97. The maximum Gasteiger partial charge on any atom is 0.261 e. The van der Waals surface area contributed by atoms with Gasteiger partial charge in [0.1, 0.15) is 23.4 Å². The van der Waals surface area contributed by atoms with Gasteiger partial charge in [0.2, 0.25) is 0 Å². The summed E-state index contributed by atoms with van der Waals surface area (Å²) in [6.07, 6.45) is 2.70. The van der Waals surface area contributed by atoms with Crippen LogP contribution in [-0.2, 0) is 11.8 Å². The quantitative estimate of drug-likeness (QED) is 0.740. The highest BCUT2D eigenvalue weighted by molar-refractivity contribution is 5.81. The molecule has 1 aromatic heterocycles. The van der Waals surface area contributed by atoms with Crippen molar-refractivity contribution in [3.8, 4) is 5.75 Å². The second-order valence-corrected chi connectivity index (χ2v) is 5.97. The minimum Gasteiger partial charge on any atom is -0.481 e. The number of aryl methyl sites for hydroxylation is 1. The molecule has 0 spiro atoms. The Morgan fingerprint density at radius 3 is 2.62 bits per heavy atom. The van der Waals surface area contributed by atoms with Crippen LogP contribution in [0.3, 0.4) is 0 Å². The van der Waals surface area contributed by atoms with Crippen molar-refractivity contribution in [2.24, 2.45) is 7.05 Å². The first-order valence-electron chi connectivity index (χ1n) is 8.29. The minimum absolute atomic E-state index is 0.314. The molecule has 0 saturated carbocycles. The van der Waals surface area contributed by atoms with Crippen molar-refractivity contribution in [2.45, 2.75) is 19.1 Å². The minimum atomic E-state index is -0.714. The number of para-hydroxylation sites is 1. The molecule has 0 radical (unpaired) electrons. The summed E-state index contributed by atoms with van der Waals surface area (Å²) in [5, 5.41) is 2.91. The third kappa shape index (κ3) is 4.08. The third-order valence-corrected chi connectivity index (χ3v) is 4.01. The number of nitrogens with one attached hydrogen (secondary N) is 1. The van der Waals surface area contributed by atoms with Gasteiger partial charge in [0.15, 0.2) is 6.10 Å². The van der Waals surface area contributed by atoms with Crippen LogP contribution in [0.5, 0.6) is 5.75 Å². The predicted molar refractivity (Wildman–Crippen MR) is 96.1 cm³/mol. The van der Waals surface area contributed by atoms with E-state index in [1.165, 1.54) is 12.1 Å². The lowest BCUT2D eigenvalue weighted by Gasteiger charge is -2.22. The number of carbonyl (C=O) groups is 1. The second kappa shape index (κ2) is 7.82. The number of rotatable bonds is 6. The van der Waals surface area contributed by atoms with Crippen molar-refractivity contribution in [3.63, 3.8) is 0 Å². The zero-order chi connectivity index (χ0) is 18.5. The fourth-order valence-electron chi connectivity index (χ4n) is 2.65. The average molecular weight is 353 g/mol. The van der Waals surface area contributed by atoms with Crippen LogP contribution in [0.25, 0.3) is 0 Å². The summed E-state index contributed by atoms with van der Waals surface area (Å²) in [4.78, 5) is 17.0. The lowest BCUT2D eigenvalue weighted by atomic mass is 10.1. The Balaban J connectivity index is 1.81. The van der Waals surface area contributed by atoms with Crippen molar-refractivity contribution in [1.29, 1.82) is 0 Å². The number of nitrogens with zero attached hydrogens (tertiary/aromatic N) is 2. The molecule has 26 heavy (non-hydrogen) atoms. The van der Waals surface area contributed by atoms with E-state index in [1.54, 1.807) is 48.1 Å². The Hall–Kier alpha value is -3.15. The van der Waals surface area contributed by atoms with Gasteiger partial charge in [0, 0.05) is 19.4 Å². The molecule has 0 saturated heterocycles. The fourth-order valence-corrected chi connectivity index (χ4v) is 2.65. The number of carbonyl (C=O) groups excluding carboxylic acids is 1. The topological polar surface area (TPSA) is 56.1 Å². The van der Waals surface area contributed by atoms with Gasteiger partial charge < -0.3 is 14.6 Å². The van der Waals surface area contributed by atoms with Crippen molar-refractivity contribution in [1.82, 2.24) is 14.9 Å². The van der Waals surface area contributed by atoms with E-state index in [9.17, 15) is 9.18 Å². The van der Waals surface area contributed by atoms with Crippen molar-refractivity contribution < 1.29 is 13.9 Å². The molecule has 134 valence electrons. The average Bonchev–Trinajstić information content (AvgIpc) is 3.06. The summed E-state index contributed by atoms with van der Waals surface area (Å²) >= 11 is 0. The lowest BCUT2D eigenvalue weighted by molar-refractivity contribution is -0.127. The number of halogens is 1. The Bertz CT molecular complexity index is 880. The van der Waals surface area contributed by atoms with E-state index in [4.69, 9.17) is 4.74 Å². The first-order chi connectivity index (χ1) is 12.5.